The molecule has 2 aliphatic heterocycles. The molecule has 1 aromatic carbocycles. The van der Waals surface area contributed by atoms with Crippen molar-refractivity contribution >= 4 is 36.1 Å². The van der Waals surface area contributed by atoms with E-state index in [1.54, 1.807) is 4.52 Å². The van der Waals surface area contributed by atoms with Gasteiger partial charge >= 0.3 is 7.12 Å². The molecule has 0 unspecified atom stereocenters. The van der Waals surface area contributed by atoms with Gasteiger partial charge in [0.2, 0.25) is 5.91 Å². The first-order valence-corrected chi connectivity index (χ1v) is 7.97. The van der Waals surface area contributed by atoms with E-state index in [2.05, 4.69) is 10.9 Å². The number of hydrazine groups is 2. The molecule has 0 saturated carbocycles. The van der Waals surface area contributed by atoms with Crippen molar-refractivity contribution in [3.8, 4) is 0 Å². The molecule has 0 spiro atoms. The van der Waals surface area contributed by atoms with Crippen LogP contribution in [0, 0.1) is 0 Å². The van der Waals surface area contributed by atoms with Gasteiger partial charge in [0.25, 0.3) is 0 Å². The van der Waals surface area contributed by atoms with E-state index < -0.39 is 0 Å². The molecule has 0 aromatic heterocycles. The van der Waals surface area contributed by atoms with Crippen LogP contribution in [0.15, 0.2) is 23.1 Å². The van der Waals surface area contributed by atoms with Crippen molar-refractivity contribution in [1.29, 1.82) is 0 Å². The molecule has 2 N–H and O–H groups in total. The van der Waals surface area contributed by atoms with Crippen LogP contribution in [0.5, 0.6) is 0 Å². The van der Waals surface area contributed by atoms with E-state index in [1.165, 1.54) is 18.9 Å². The van der Waals surface area contributed by atoms with Crippen LogP contribution in [-0.2, 0) is 14.1 Å². The van der Waals surface area contributed by atoms with Gasteiger partial charge in [-0.25, -0.2) is 0 Å². The summed E-state index contributed by atoms with van der Waals surface area (Å²) >= 11 is 1.42. The lowest BCUT2D eigenvalue weighted by Crippen LogP contribution is -2.41. The maximum absolute atomic E-state index is 11.1. The van der Waals surface area contributed by atoms with Gasteiger partial charge < -0.3 is 9.31 Å². The van der Waals surface area contributed by atoms with E-state index in [-0.39, 0.29) is 24.2 Å². The van der Waals surface area contributed by atoms with E-state index in [0.717, 1.165) is 16.0 Å². The quantitative estimate of drug-likeness (QED) is 0.638. The van der Waals surface area contributed by atoms with Crippen LogP contribution in [0.4, 0.5) is 5.69 Å². The number of carbonyl (C=O) groups is 1. The van der Waals surface area contributed by atoms with E-state index in [9.17, 15) is 4.79 Å². The van der Waals surface area contributed by atoms with Crippen LogP contribution in [0.1, 0.15) is 34.6 Å². The Bertz CT molecular complexity index is 607. The van der Waals surface area contributed by atoms with Crippen molar-refractivity contribution in [2.45, 2.75) is 50.7 Å². The molecule has 8 heteroatoms. The average molecular weight is 321 g/mol. The Kier molecular flexibility index (Phi) is 3.68. The van der Waals surface area contributed by atoms with Gasteiger partial charge in [-0.05, 0) is 45.3 Å². The van der Waals surface area contributed by atoms with Gasteiger partial charge in [0, 0.05) is 18.9 Å². The SMILES string of the molecule is CC(=O)NN1Nc2ccc(B3OC(C)(C)C(C)(C)O3)cc2S1. The summed E-state index contributed by atoms with van der Waals surface area (Å²) < 4.78 is 13.7. The molecule has 3 rings (SSSR count). The van der Waals surface area contributed by atoms with Crippen molar-refractivity contribution < 1.29 is 14.1 Å². The lowest BCUT2D eigenvalue weighted by molar-refractivity contribution is -0.121. The lowest BCUT2D eigenvalue weighted by atomic mass is 9.79. The Morgan fingerprint density at radius 3 is 2.50 bits per heavy atom. The fraction of sp³-hybridized carbons (Fsp3) is 0.500. The topological polar surface area (TPSA) is 62.8 Å². The summed E-state index contributed by atoms with van der Waals surface area (Å²) in [7, 11) is -0.384. The molecule has 22 heavy (non-hydrogen) atoms. The Morgan fingerprint density at radius 2 is 1.91 bits per heavy atom. The number of amides is 1. The van der Waals surface area contributed by atoms with Crippen molar-refractivity contribution in [2.24, 2.45) is 0 Å². The summed E-state index contributed by atoms with van der Waals surface area (Å²) in [6, 6.07) is 5.97. The predicted octanol–water partition coefficient (Wildman–Crippen LogP) is 1.69. The molecular formula is C14H20BN3O3S. The number of fused-ring (bicyclic) bond motifs is 1. The van der Waals surface area contributed by atoms with E-state index in [4.69, 9.17) is 9.31 Å². The lowest BCUT2D eigenvalue weighted by Gasteiger charge is -2.32. The van der Waals surface area contributed by atoms with Crippen molar-refractivity contribution in [3.63, 3.8) is 0 Å². The van der Waals surface area contributed by atoms with Gasteiger partial charge in [-0.1, -0.05) is 10.6 Å². The second-order valence-corrected chi connectivity index (χ2v) is 7.50. The van der Waals surface area contributed by atoms with Crippen LogP contribution < -0.4 is 16.3 Å². The standard InChI is InChI=1S/C14H20BN3O3S/c1-9(19)16-18-17-11-7-6-10(8-12(11)22-18)15-20-13(2,3)14(4,5)21-15/h6-8,17H,1-5H3,(H,16,19). The van der Waals surface area contributed by atoms with Crippen LogP contribution in [0.25, 0.3) is 0 Å². The van der Waals surface area contributed by atoms with Crippen LogP contribution >= 0.6 is 11.9 Å². The van der Waals surface area contributed by atoms with Crippen molar-refractivity contribution in [1.82, 2.24) is 9.95 Å². The fourth-order valence-corrected chi connectivity index (χ4v) is 3.17. The van der Waals surface area contributed by atoms with Crippen LogP contribution in [-0.4, -0.2) is 28.8 Å². The van der Waals surface area contributed by atoms with E-state index >= 15 is 0 Å². The van der Waals surface area contributed by atoms with Crippen LogP contribution in [0.3, 0.4) is 0 Å². The molecule has 2 aliphatic rings. The molecule has 0 radical (unpaired) electrons. The minimum absolute atomic E-state index is 0.126. The minimum Gasteiger partial charge on any atom is -0.399 e. The number of rotatable bonds is 2. The number of hydrogen-bond donors (Lipinski definition) is 2. The van der Waals surface area contributed by atoms with Gasteiger partial charge in [0.05, 0.1) is 21.8 Å². The zero-order chi connectivity index (χ0) is 16.1. The third kappa shape index (κ3) is 2.71. The zero-order valence-electron chi connectivity index (χ0n) is 13.4. The fourth-order valence-electron chi connectivity index (χ4n) is 2.26. The second kappa shape index (κ2) is 5.16. The molecule has 2 heterocycles. The number of nitrogens with zero attached hydrogens (tertiary/aromatic N) is 1. The highest BCUT2D eigenvalue weighted by atomic mass is 32.2. The maximum Gasteiger partial charge on any atom is 0.494 e. The smallest absolute Gasteiger partial charge is 0.399 e. The normalized spacial score (nSPS) is 22.3. The Hall–Kier alpha value is -1.22. The number of anilines is 1. The molecule has 1 amide bonds. The molecule has 118 valence electrons. The summed E-state index contributed by atoms with van der Waals surface area (Å²) in [6.45, 7) is 9.62. The van der Waals surface area contributed by atoms with Gasteiger partial charge in [-0.3, -0.25) is 15.6 Å². The summed E-state index contributed by atoms with van der Waals surface area (Å²) in [5.74, 6) is -0.126. The third-order valence-corrected chi connectivity index (χ3v) is 5.10. The van der Waals surface area contributed by atoms with Gasteiger partial charge in [0.15, 0.2) is 0 Å². The van der Waals surface area contributed by atoms with E-state index in [0.29, 0.717) is 0 Å². The van der Waals surface area contributed by atoms with Gasteiger partial charge in [-0.2, -0.15) is 0 Å². The van der Waals surface area contributed by atoms with Crippen molar-refractivity contribution in [3.05, 3.63) is 18.2 Å². The zero-order valence-corrected chi connectivity index (χ0v) is 14.2. The highest BCUT2D eigenvalue weighted by Crippen LogP contribution is 2.38. The van der Waals surface area contributed by atoms with Crippen molar-refractivity contribution in [2.75, 3.05) is 5.43 Å². The Morgan fingerprint density at radius 1 is 1.27 bits per heavy atom. The Labute approximate surface area is 135 Å². The third-order valence-electron chi connectivity index (χ3n) is 4.20. The molecule has 0 bridgehead atoms. The summed E-state index contributed by atoms with van der Waals surface area (Å²) in [4.78, 5) is 12.1. The number of benzene rings is 1. The molecular weight excluding hydrogens is 301 g/mol. The summed E-state index contributed by atoms with van der Waals surface area (Å²) in [5.41, 5.74) is 6.99. The molecule has 1 aromatic rings. The first-order valence-electron chi connectivity index (χ1n) is 7.19. The summed E-state index contributed by atoms with van der Waals surface area (Å²) in [5, 5.41) is 0. The number of hydrogen-bond acceptors (Lipinski definition) is 6. The van der Waals surface area contributed by atoms with Gasteiger partial charge in [0.1, 0.15) is 0 Å². The molecule has 0 aliphatic carbocycles. The average Bonchev–Trinajstić information content (AvgIpc) is 2.85. The largest absolute Gasteiger partial charge is 0.494 e. The van der Waals surface area contributed by atoms with Gasteiger partial charge in [-0.15, -0.1) is 0 Å². The minimum atomic E-state index is -0.384. The first-order chi connectivity index (χ1) is 10.2. The van der Waals surface area contributed by atoms with E-state index in [1.807, 2.05) is 45.9 Å². The monoisotopic (exact) mass is 321 g/mol. The first kappa shape index (κ1) is 15.7. The number of carbonyl (C=O) groups excluding carboxylic acids is 1. The maximum atomic E-state index is 11.1. The highest BCUT2D eigenvalue weighted by Gasteiger charge is 2.51. The molecule has 0 atom stereocenters. The molecule has 1 fully saturated rings. The summed E-state index contributed by atoms with van der Waals surface area (Å²) in [6.07, 6.45) is 0. The molecule has 1 saturated heterocycles. The Balaban J connectivity index is 1.78. The van der Waals surface area contributed by atoms with Crippen LogP contribution in [0.2, 0.25) is 0 Å². The molecule has 6 nitrogen and oxygen atoms in total. The second-order valence-electron chi connectivity index (χ2n) is 6.51. The number of nitrogens with one attached hydrogen (secondary N) is 2. The highest BCUT2D eigenvalue weighted by molar-refractivity contribution is 7.97. The predicted molar refractivity (Wildman–Crippen MR) is 87.3 cm³/mol.